The zero-order valence-corrected chi connectivity index (χ0v) is 19.9. The zero-order chi connectivity index (χ0) is 24.9. The highest BCUT2D eigenvalue weighted by Crippen LogP contribution is 2.38. The lowest BCUT2D eigenvalue weighted by atomic mass is 10.1. The van der Waals surface area contributed by atoms with Gasteiger partial charge in [-0.1, -0.05) is 18.2 Å². The minimum Gasteiger partial charge on any atom is -0.497 e. The number of methoxy groups -OCH3 is 4. The first-order valence-electron chi connectivity index (χ1n) is 10.8. The van der Waals surface area contributed by atoms with Gasteiger partial charge < -0.3 is 18.9 Å². The van der Waals surface area contributed by atoms with Crippen molar-refractivity contribution in [3.63, 3.8) is 0 Å². The fourth-order valence-electron chi connectivity index (χ4n) is 3.86. The van der Waals surface area contributed by atoms with Gasteiger partial charge in [0.2, 0.25) is 5.75 Å². The summed E-state index contributed by atoms with van der Waals surface area (Å²) >= 11 is 0. The average Bonchev–Trinajstić information content (AvgIpc) is 3.29. The number of benzene rings is 3. The lowest BCUT2D eigenvalue weighted by molar-refractivity contribution is 0.0964. The van der Waals surface area contributed by atoms with E-state index in [9.17, 15) is 9.59 Å². The molecule has 0 atom stereocenters. The van der Waals surface area contributed by atoms with E-state index in [2.05, 4.69) is 0 Å². The smallest absolute Gasteiger partial charge is 0.262 e. The Morgan fingerprint density at radius 3 is 2.03 bits per heavy atom. The van der Waals surface area contributed by atoms with Crippen molar-refractivity contribution in [1.29, 1.82) is 0 Å². The molecule has 1 heterocycles. The molecule has 0 bridgehead atoms. The Labute approximate surface area is 203 Å². The Kier molecular flexibility index (Phi) is 6.87. The van der Waals surface area contributed by atoms with Crippen LogP contribution in [-0.4, -0.2) is 44.7 Å². The maximum Gasteiger partial charge on any atom is 0.262 e. The third kappa shape index (κ3) is 4.61. The van der Waals surface area contributed by atoms with Crippen LogP contribution in [0.4, 0.5) is 0 Å². The highest BCUT2D eigenvalue weighted by atomic mass is 16.5. The molecule has 35 heavy (non-hydrogen) atoms. The molecular formula is C28H25NO6. The van der Waals surface area contributed by atoms with Crippen LogP contribution in [0.1, 0.15) is 26.3 Å². The molecule has 4 rings (SSSR count). The van der Waals surface area contributed by atoms with E-state index in [0.29, 0.717) is 34.1 Å². The van der Waals surface area contributed by atoms with Crippen molar-refractivity contribution in [3.8, 4) is 23.0 Å². The standard InChI is InChI=1S/C28H25NO6/c1-32-21-12-9-18(10-13-21)28(31)29-17-19(22-7-5-6-8-23(22)29)11-14-24(30)20-15-25(33-2)27(35-4)26(16-20)34-3/h5-17H,1-4H3/b14-11+. The van der Waals surface area contributed by atoms with Crippen molar-refractivity contribution in [2.45, 2.75) is 0 Å². The Morgan fingerprint density at radius 2 is 1.43 bits per heavy atom. The van der Waals surface area contributed by atoms with Crippen LogP contribution in [0.25, 0.3) is 17.0 Å². The number of aromatic nitrogens is 1. The number of ether oxygens (including phenoxy) is 4. The zero-order valence-electron chi connectivity index (χ0n) is 19.9. The summed E-state index contributed by atoms with van der Waals surface area (Å²) in [5.74, 6) is 1.45. The molecular weight excluding hydrogens is 446 g/mol. The molecule has 3 aromatic carbocycles. The van der Waals surface area contributed by atoms with E-state index < -0.39 is 0 Å². The lowest BCUT2D eigenvalue weighted by Gasteiger charge is -2.13. The SMILES string of the molecule is COc1ccc(C(=O)n2cc(/C=C/C(=O)c3cc(OC)c(OC)c(OC)c3)c3ccccc32)cc1. The Hall–Kier alpha value is -4.52. The number of para-hydroxylation sites is 1. The van der Waals surface area contributed by atoms with Crippen LogP contribution in [0, 0.1) is 0 Å². The fourth-order valence-corrected chi connectivity index (χ4v) is 3.86. The molecule has 7 nitrogen and oxygen atoms in total. The van der Waals surface area contributed by atoms with Crippen molar-refractivity contribution in [2.75, 3.05) is 28.4 Å². The van der Waals surface area contributed by atoms with Gasteiger partial charge in [-0.25, -0.2) is 0 Å². The van der Waals surface area contributed by atoms with Crippen LogP contribution < -0.4 is 18.9 Å². The van der Waals surface area contributed by atoms with Crippen molar-refractivity contribution >= 4 is 28.7 Å². The van der Waals surface area contributed by atoms with E-state index in [1.165, 1.54) is 27.4 Å². The highest BCUT2D eigenvalue weighted by molar-refractivity contribution is 6.09. The van der Waals surface area contributed by atoms with E-state index in [4.69, 9.17) is 18.9 Å². The third-order valence-electron chi connectivity index (χ3n) is 5.66. The van der Waals surface area contributed by atoms with Crippen LogP contribution in [0.2, 0.25) is 0 Å². The summed E-state index contributed by atoms with van der Waals surface area (Å²) in [7, 11) is 6.07. The van der Waals surface area contributed by atoms with Gasteiger partial charge in [-0.2, -0.15) is 0 Å². The molecule has 0 radical (unpaired) electrons. The van der Waals surface area contributed by atoms with Gasteiger partial charge in [-0.15, -0.1) is 0 Å². The molecule has 178 valence electrons. The molecule has 0 saturated heterocycles. The van der Waals surface area contributed by atoms with Crippen LogP contribution in [-0.2, 0) is 0 Å². The second-order valence-electron chi connectivity index (χ2n) is 7.62. The van der Waals surface area contributed by atoms with Crippen LogP contribution in [0.5, 0.6) is 23.0 Å². The minimum atomic E-state index is -0.248. The summed E-state index contributed by atoms with van der Waals surface area (Å²) in [6.45, 7) is 0. The summed E-state index contributed by atoms with van der Waals surface area (Å²) in [6.07, 6.45) is 4.90. The van der Waals surface area contributed by atoms with Gasteiger partial charge in [0.25, 0.3) is 5.91 Å². The van der Waals surface area contributed by atoms with Gasteiger partial charge in [0.05, 0.1) is 34.0 Å². The van der Waals surface area contributed by atoms with E-state index in [0.717, 1.165) is 16.5 Å². The monoisotopic (exact) mass is 471 g/mol. The number of hydrogen-bond donors (Lipinski definition) is 0. The van der Waals surface area contributed by atoms with Crippen LogP contribution in [0.3, 0.4) is 0 Å². The largest absolute Gasteiger partial charge is 0.497 e. The number of rotatable bonds is 8. The van der Waals surface area contributed by atoms with Crippen LogP contribution >= 0.6 is 0 Å². The van der Waals surface area contributed by atoms with Crippen LogP contribution in [0.15, 0.2) is 72.9 Å². The van der Waals surface area contributed by atoms with E-state index >= 15 is 0 Å². The van der Waals surface area contributed by atoms with Crippen molar-refractivity contribution in [2.24, 2.45) is 0 Å². The second kappa shape index (κ2) is 10.2. The summed E-state index contributed by atoms with van der Waals surface area (Å²) in [4.78, 5) is 26.2. The molecule has 0 fully saturated rings. The van der Waals surface area contributed by atoms with Crippen molar-refractivity contribution in [1.82, 2.24) is 4.57 Å². The summed E-state index contributed by atoms with van der Waals surface area (Å²) in [5, 5.41) is 0.850. The molecule has 0 aliphatic heterocycles. The Balaban J connectivity index is 1.69. The van der Waals surface area contributed by atoms with E-state index in [1.54, 1.807) is 60.3 Å². The molecule has 0 aliphatic carbocycles. The van der Waals surface area contributed by atoms with Gasteiger partial charge in [0, 0.05) is 28.3 Å². The first kappa shape index (κ1) is 23.6. The lowest BCUT2D eigenvalue weighted by Crippen LogP contribution is -2.10. The Morgan fingerprint density at radius 1 is 0.771 bits per heavy atom. The number of ketones is 1. The predicted octanol–water partition coefficient (Wildman–Crippen LogP) is 5.26. The molecule has 4 aromatic rings. The molecule has 0 unspecified atom stereocenters. The molecule has 0 saturated carbocycles. The molecule has 0 N–H and O–H groups in total. The topological polar surface area (TPSA) is 76.0 Å². The first-order chi connectivity index (χ1) is 17.0. The summed E-state index contributed by atoms with van der Waals surface area (Å²) in [5.41, 5.74) is 2.39. The quantitative estimate of drug-likeness (QED) is 0.258. The fraction of sp³-hybridized carbons (Fsp3) is 0.143. The molecule has 0 spiro atoms. The van der Waals surface area contributed by atoms with Crippen molar-refractivity contribution in [3.05, 3.63) is 89.6 Å². The number of hydrogen-bond acceptors (Lipinski definition) is 6. The number of nitrogens with zero attached hydrogens (tertiary/aromatic N) is 1. The molecule has 0 aliphatic rings. The number of fused-ring (bicyclic) bond motifs is 1. The summed E-state index contributed by atoms with van der Waals surface area (Å²) in [6, 6.07) is 17.7. The maximum absolute atomic E-state index is 13.2. The number of carbonyl (C=O) groups excluding carboxylic acids is 2. The Bertz CT molecular complexity index is 1390. The predicted molar refractivity (Wildman–Crippen MR) is 134 cm³/mol. The number of allylic oxidation sites excluding steroid dienone is 1. The highest BCUT2D eigenvalue weighted by Gasteiger charge is 2.17. The molecule has 1 aromatic heterocycles. The minimum absolute atomic E-state index is 0.181. The number of carbonyl (C=O) groups is 2. The van der Waals surface area contributed by atoms with Gasteiger partial charge in [0.1, 0.15) is 5.75 Å². The normalized spacial score (nSPS) is 11.0. The second-order valence-corrected chi connectivity index (χ2v) is 7.62. The average molecular weight is 472 g/mol. The van der Waals surface area contributed by atoms with E-state index in [-0.39, 0.29) is 11.7 Å². The van der Waals surface area contributed by atoms with Crippen molar-refractivity contribution < 1.29 is 28.5 Å². The van der Waals surface area contributed by atoms with E-state index in [1.807, 2.05) is 24.3 Å². The first-order valence-corrected chi connectivity index (χ1v) is 10.8. The maximum atomic E-state index is 13.2. The molecule has 7 heteroatoms. The van der Waals surface area contributed by atoms with Gasteiger partial charge >= 0.3 is 0 Å². The third-order valence-corrected chi connectivity index (χ3v) is 5.66. The van der Waals surface area contributed by atoms with Gasteiger partial charge in [-0.05, 0) is 54.6 Å². The summed E-state index contributed by atoms with van der Waals surface area (Å²) < 4.78 is 22.8. The van der Waals surface area contributed by atoms with Gasteiger partial charge in [0.15, 0.2) is 17.3 Å². The molecule has 0 amide bonds. The van der Waals surface area contributed by atoms with Gasteiger partial charge in [-0.3, -0.25) is 14.2 Å².